The highest BCUT2D eigenvalue weighted by Crippen LogP contribution is 2.40. The van der Waals surface area contributed by atoms with Gasteiger partial charge in [-0.3, -0.25) is 14.8 Å². The Morgan fingerprint density at radius 3 is 2.38 bits per heavy atom. The lowest BCUT2D eigenvalue weighted by molar-refractivity contribution is -0.384. The largest absolute Gasteiger partial charge is 0.492 e. The zero-order chi connectivity index (χ0) is 27.1. The smallest absolute Gasteiger partial charge is 0.336 e. The van der Waals surface area contributed by atoms with Crippen molar-refractivity contribution in [1.82, 2.24) is 15.1 Å². The number of allylic oxidation sites excluding steroid dienone is 2. The number of nitro benzene ring substituents is 1. The van der Waals surface area contributed by atoms with Gasteiger partial charge in [-0.05, 0) is 45.6 Å². The zero-order valence-corrected chi connectivity index (χ0v) is 21.4. The number of esters is 2. The van der Waals surface area contributed by atoms with Gasteiger partial charge in [-0.25, -0.2) is 9.59 Å². The first-order chi connectivity index (χ1) is 17.6. The molecular weight excluding hydrogens is 480 g/mol. The Kier molecular flexibility index (Phi) is 9.05. The number of nitrogens with one attached hydrogen (secondary N) is 1. The number of aryl methyl sites for hydroxylation is 2. The Bertz CT molecular complexity index is 1250. The lowest BCUT2D eigenvalue weighted by Gasteiger charge is -2.30. The van der Waals surface area contributed by atoms with Crippen LogP contribution < -0.4 is 5.32 Å². The molecule has 0 fully saturated rings. The van der Waals surface area contributed by atoms with Gasteiger partial charge in [0.05, 0.1) is 35.7 Å². The van der Waals surface area contributed by atoms with E-state index in [1.807, 2.05) is 6.92 Å². The molecular formula is C26H32N4O7. The number of nitro groups is 1. The molecule has 1 unspecified atom stereocenters. The summed E-state index contributed by atoms with van der Waals surface area (Å²) in [4.78, 5) is 36.8. The molecule has 1 aliphatic heterocycles. The van der Waals surface area contributed by atoms with Crippen LogP contribution in [0.5, 0.6) is 5.88 Å². The SMILES string of the molecule is COC(=O)C1=C(C)NC(C)=C(C(=O)OCCCCCCn2nc(O)cc2C)C1c1cccc([N+](=O)[O-])c1. The number of carbonyl (C=O) groups excluding carboxylic acids is 2. The molecule has 1 atom stereocenters. The van der Waals surface area contributed by atoms with Crippen LogP contribution in [-0.2, 0) is 25.6 Å². The molecule has 11 heteroatoms. The lowest BCUT2D eigenvalue weighted by atomic mass is 9.80. The van der Waals surface area contributed by atoms with Gasteiger partial charge in [-0.1, -0.05) is 18.6 Å². The number of rotatable bonds is 11. The van der Waals surface area contributed by atoms with Crippen LogP contribution >= 0.6 is 0 Å². The molecule has 1 aliphatic rings. The third kappa shape index (κ3) is 6.54. The van der Waals surface area contributed by atoms with Gasteiger partial charge in [0.1, 0.15) is 0 Å². The Hall–Kier alpha value is -4.15. The van der Waals surface area contributed by atoms with Gasteiger partial charge >= 0.3 is 11.9 Å². The number of unbranched alkanes of at least 4 members (excludes halogenated alkanes) is 3. The number of non-ortho nitro benzene ring substituents is 1. The summed E-state index contributed by atoms with van der Waals surface area (Å²) < 4.78 is 12.3. The second kappa shape index (κ2) is 12.2. The van der Waals surface area contributed by atoms with Crippen molar-refractivity contribution in [3.63, 3.8) is 0 Å². The monoisotopic (exact) mass is 512 g/mol. The lowest BCUT2D eigenvalue weighted by Crippen LogP contribution is -2.32. The van der Waals surface area contributed by atoms with E-state index in [0.29, 0.717) is 29.9 Å². The molecule has 0 bridgehead atoms. The summed E-state index contributed by atoms with van der Waals surface area (Å²) in [5.74, 6) is -2.11. The van der Waals surface area contributed by atoms with Crippen LogP contribution in [0.25, 0.3) is 0 Å². The van der Waals surface area contributed by atoms with E-state index in [4.69, 9.17) is 9.47 Å². The van der Waals surface area contributed by atoms with Gasteiger partial charge in [-0.15, -0.1) is 5.10 Å². The molecule has 198 valence electrons. The number of aromatic hydroxyl groups is 1. The Labute approximate surface area is 214 Å². The number of carbonyl (C=O) groups is 2. The standard InChI is InChI=1S/C26H32N4O7/c1-16-14-21(31)28-29(16)12-7-5-6-8-13-37-26(33)23-18(3)27-17(2)22(25(32)36-4)24(23)19-10-9-11-20(15-19)30(34)35/h9-11,14-15,24,27H,5-8,12-13H2,1-4H3,(H,28,31). The molecule has 0 aliphatic carbocycles. The maximum atomic E-state index is 13.2. The minimum atomic E-state index is -0.880. The fourth-order valence-corrected chi connectivity index (χ4v) is 4.48. The first-order valence-electron chi connectivity index (χ1n) is 12.1. The van der Waals surface area contributed by atoms with Crippen molar-refractivity contribution in [2.24, 2.45) is 0 Å². The fourth-order valence-electron chi connectivity index (χ4n) is 4.48. The fraction of sp³-hybridized carbons (Fsp3) is 0.423. The number of benzene rings is 1. The van der Waals surface area contributed by atoms with Crippen molar-refractivity contribution in [3.8, 4) is 5.88 Å². The first-order valence-corrected chi connectivity index (χ1v) is 12.1. The predicted molar refractivity (Wildman–Crippen MR) is 134 cm³/mol. The molecule has 2 aromatic rings. The van der Waals surface area contributed by atoms with Crippen LogP contribution in [0.15, 0.2) is 52.9 Å². The molecule has 0 radical (unpaired) electrons. The third-order valence-corrected chi connectivity index (χ3v) is 6.27. The summed E-state index contributed by atoms with van der Waals surface area (Å²) in [5.41, 5.74) is 2.57. The van der Waals surface area contributed by atoms with Crippen LogP contribution in [0.4, 0.5) is 5.69 Å². The van der Waals surface area contributed by atoms with Gasteiger partial charge in [0.25, 0.3) is 5.69 Å². The van der Waals surface area contributed by atoms with Crippen molar-refractivity contribution in [2.75, 3.05) is 13.7 Å². The van der Waals surface area contributed by atoms with Crippen LogP contribution in [-0.4, -0.2) is 45.5 Å². The van der Waals surface area contributed by atoms with E-state index < -0.39 is 22.8 Å². The van der Waals surface area contributed by atoms with Crippen LogP contribution in [0, 0.1) is 17.0 Å². The molecule has 1 aromatic carbocycles. The Morgan fingerprint density at radius 2 is 1.76 bits per heavy atom. The van der Waals surface area contributed by atoms with E-state index in [9.17, 15) is 24.8 Å². The van der Waals surface area contributed by atoms with Crippen LogP contribution in [0.1, 0.15) is 56.7 Å². The summed E-state index contributed by atoms with van der Waals surface area (Å²) in [7, 11) is 1.24. The van der Waals surface area contributed by atoms with E-state index in [2.05, 4.69) is 10.4 Å². The summed E-state index contributed by atoms with van der Waals surface area (Å²) >= 11 is 0. The molecule has 2 N–H and O–H groups in total. The van der Waals surface area contributed by atoms with Crippen LogP contribution in [0.2, 0.25) is 0 Å². The molecule has 11 nitrogen and oxygen atoms in total. The average molecular weight is 513 g/mol. The highest BCUT2D eigenvalue weighted by Gasteiger charge is 2.38. The van der Waals surface area contributed by atoms with Gasteiger partial charge in [0, 0.05) is 41.8 Å². The first kappa shape index (κ1) is 27.4. The van der Waals surface area contributed by atoms with Crippen LogP contribution in [0.3, 0.4) is 0 Å². The Balaban J connectivity index is 1.68. The second-order valence-corrected chi connectivity index (χ2v) is 8.90. The molecule has 0 saturated carbocycles. The molecule has 1 aromatic heterocycles. The minimum Gasteiger partial charge on any atom is -0.492 e. The summed E-state index contributed by atoms with van der Waals surface area (Å²) in [6.07, 6.45) is 3.24. The molecule has 0 amide bonds. The maximum absolute atomic E-state index is 13.2. The van der Waals surface area contributed by atoms with E-state index in [0.717, 1.165) is 25.0 Å². The number of hydrogen-bond donors (Lipinski definition) is 2. The maximum Gasteiger partial charge on any atom is 0.336 e. The second-order valence-electron chi connectivity index (χ2n) is 8.90. The van der Waals surface area contributed by atoms with E-state index in [1.54, 1.807) is 30.7 Å². The molecule has 2 heterocycles. The van der Waals surface area contributed by atoms with Crippen molar-refractivity contribution >= 4 is 17.6 Å². The number of hydrogen-bond acceptors (Lipinski definition) is 9. The number of methoxy groups -OCH3 is 1. The molecule has 3 rings (SSSR count). The van der Waals surface area contributed by atoms with Gasteiger partial charge in [0.2, 0.25) is 5.88 Å². The third-order valence-electron chi connectivity index (χ3n) is 6.27. The zero-order valence-electron chi connectivity index (χ0n) is 21.4. The molecule has 0 spiro atoms. The van der Waals surface area contributed by atoms with Crippen molar-refractivity contribution in [1.29, 1.82) is 0 Å². The minimum absolute atomic E-state index is 0.00928. The van der Waals surface area contributed by atoms with Crippen molar-refractivity contribution < 1.29 is 29.1 Å². The highest BCUT2D eigenvalue weighted by atomic mass is 16.6. The normalized spacial score (nSPS) is 15.4. The molecule has 0 saturated heterocycles. The quantitative estimate of drug-likeness (QED) is 0.197. The van der Waals surface area contributed by atoms with Crippen molar-refractivity contribution in [3.05, 3.63) is 74.2 Å². The van der Waals surface area contributed by atoms with Gasteiger partial charge < -0.3 is 19.9 Å². The Morgan fingerprint density at radius 1 is 1.08 bits per heavy atom. The summed E-state index contributed by atoms with van der Waals surface area (Å²) in [5, 5.41) is 27.9. The summed E-state index contributed by atoms with van der Waals surface area (Å²) in [6, 6.07) is 7.47. The van der Waals surface area contributed by atoms with E-state index in [1.165, 1.54) is 25.3 Å². The van der Waals surface area contributed by atoms with E-state index >= 15 is 0 Å². The van der Waals surface area contributed by atoms with E-state index in [-0.39, 0.29) is 29.3 Å². The number of ether oxygens (including phenoxy) is 2. The number of aromatic nitrogens is 2. The topological polar surface area (TPSA) is 146 Å². The van der Waals surface area contributed by atoms with Crippen molar-refractivity contribution in [2.45, 2.75) is 58.9 Å². The molecule has 37 heavy (non-hydrogen) atoms. The number of dihydropyridines is 1. The number of nitrogens with zero attached hydrogens (tertiary/aromatic N) is 3. The predicted octanol–water partition coefficient (Wildman–Crippen LogP) is 4.02. The summed E-state index contributed by atoms with van der Waals surface area (Å²) in [6.45, 7) is 6.15. The van der Waals surface area contributed by atoms with Gasteiger partial charge in [0.15, 0.2) is 0 Å². The van der Waals surface area contributed by atoms with Gasteiger partial charge in [-0.2, -0.15) is 0 Å². The average Bonchev–Trinajstić information content (AvgIpc) is 3.18. The highest BCUT2D eigenvalue weighted by molar-refractivity contribution is 5.99.